The Balaban J connectivity index is 2.12. The predicted octanol–water partition coefficient (Wildman–Crippen LogP) is 3.84. The second kappa shape index (κ2) is 5.15. The molecular formula is C13H16ClFO. The molecule has 0 spiro atoms. The average molecular weight is 243 g/mol. The van der Waals surface area contributed by atoms with Crippen molar-refractivity contribution in [1.29, 1.82) is 0 Å². The van der Waals surface area contributed by atoms with Gasteiger partial charge in [-0.25, -0.2) is 4.39 Å². The van der Waals surface area contributed by atoms with Crippen LogP contribution in [0.3, 0.4) is 0 Å². The summed E-state index contributed by atoms with van der Waals surface area (Å²) in [6.45, 7) is 3.31. The van der Waals surface area contributed by atoms with E-state index in [0.29, 0.717) is 18.1 Å². The summed E-state index contributed by atoms with van der Waals surface area (Å²) >= 11 is 6.41. The highest BCUT2D eigenvalue weighted by Crippen LogP contribution is 2.34. The Labute approximate surface area is 101 Å². The molecule has 3 heteroatoms. The quantitative estimate of drug-likeness (QED) is 0.716. The Kier molecular flexibility index (Phi) is 3.82. The van der Waals surface area contributed by atoms with Gasteiger partial charge < -0.3 is 4.74 Å². The lowest BCUT2D eigenvalue weighted by Crippen LogP contribution is -2.21. The number of ether oxygens (including phenoxy) is 1. The van der Waals surface area contributed by atoms with Crippen LogP contribution in [0.15, 0.2) is 18.2 Å². The largest absolute Gasteiger partial charge is 0.381 e. The zero-order valence-electron chi connectivity index (χ0n) is 9.38. The van der Waals surface area contributed by atoms with Gasteiger partial charge in [0.25, 0.3) is 0 Å². The van der Waals surface area contributed by atoms with Gasteiger partial charge in [0.05, 0.1) is 12.0 Å². The topological polar surface area (TPSA) is 9.23 Å². The van der Waals surface area contributed by atoms with E-state index in [9.17, 15) is 4.39 Å². The minimum Gasteiger partial charge on any atom is -0.381 e. The summed E-state index contributed by atoms with van der Waals surface area (Å²) in [6, 6.07) is 5.10. The van der Waals surface area contributed by atoms with Gasteiger partial charge in [-0.1, -0.05) is 12.1 Å². The summed E-state index contributed by atoms with van der Waals surface area (Å²) < 4.78 is 18.6. The van der Waals surface area contributed by atoms with Crippen LogP contribution in [0, 0.1) is 18.7 Å². The number of hydrogen-bond donors (Lipinski definition) is 0. The standard InChI is InChI=1S/C13H16ClFO/c1-9-7-10(4-5-12(9)15)13(14)11-3-2-6-16-8-11/h4-5,7,11,13H,2-3,6,8H2,1H3. The maximum absolute atomic E-state index is 13.1. The molecule has 1 fully saturated rings. The molecule has 2 atom stereocenters. The molecule has 2 rings (SSSR count). The van der Waals surface area contributed by atoms with E-state index in [1.54, 1.807) is 13.0 Å². The van der Waals surface area contributed by atoms with Crippen molar-refractivity contribution in [2.45, 2.75) is 25.1 Å². The fraction of sp³-hybridized carbons (Fsp3) is 0.538. The van der Waals surface area contributed by atoms with Crippen LogP contribution in [0.25, 0.3) is 0 Å². The maximum atomic E-state index is 13.1. The lowest BCUT2D eigenvalue weighted by molar-refractivity contribution is 0.0531. The predicted molar refractivity (Wildman–Crippen MR) is 63.3 cm³/mol. The molecule has 1 aromatic rings. The van der Waals surface area contributed by atoms with Crippen LogP contribution in [0.5, 0.6) is 0 Å². The van der Waals surface area contributed by atoms with Gasteiger partial charge >= 0.3 is 0 Å². The average Bonchev–Trinajstić information content (AvgIpc) is 2.33. The molecule has 1 saturated heterocycles. The highest BCUT2D eigenvalue weighted by molar-refractivity contribution is 6.21. The number of alkyl halides is 1. The summed E-state index contributed by atoms with van der Waals surface area (Å²) in [5.74, 6) is 0.174. The van der Waals surface area contributed by atoms with Crippen LogP contribution >= 0.6 is 11.6 Å². The van der Waals surface area contributed by atoms with E-state index in [0.717, 1.165) is 25.0 Å². The van der Waals surface area contributed by atoms with Crippen molar-refractivity contribution in [3.8, 4) is 0 Å². The summed E-state index contributed by atoms with van der Waals surface area (Å²) in [4.78, 5) is 0. The summed E-state index contributed by atoms with van der Waals surface area (Å²) in [7, 11) is 0. The van der Waals surface area contributed by atoms with Crippen LogP contribution in [0.1, 0.15) is 29.3 Å². The molecule has 2 unspecified atom stereocenters. The molecular weight excluding hydrogens is 227 g/mol. The molecule has 0 N–H and O–H groups in total. The van der Waals surface area contributed by atoms with E-state index in [2.05, 4.69) is 0 Å². The molecule has 1 heterocycles. The first-order valence-electron chi connectivity index (χ1n) is 5.66. The van der Waals surface area contributed by atoms with Gasteiger partial charge in [0.2, 0.25) is 0 Å². The maximum Gasteiger partial charge on any atom is 0.126 e. The molecule has 0 amide bonds. The molecule has 16 heavy (non-hydrogen) atoms. The Morgan fingerprint density at radius 1 is 1.50 bits per heavy atom. The normalized spacial score (nSPS) is 23.1. The number of benzene rings is 1. The zero-order chi connectivity index (χ0) is 11.5. The Morgan fingerprint density at radius 2 is 2.31 bits per heavy atom. The van der Waals surface area contributed by atoms with Crippen molar-refractivity contribution < 1.29 is 9.13 Å². The molecule has 0 aromatic heterocycles. The number of hydrogen-bond acceptors (Lipinski definition) is 1. The first kappa shape index (κ1) is 11.9. The van der Waals surface area contributed by atoms with Crippen LogP contribution in [-0.2, 0) is 4.74 Å². The second-order valence-electron chi connectivity index (χ2n) is 4.39. The first-order chi connectivity index (χ1) is 7.68. The lowest BCUT2D eigenvalue weighted by atomic mass is 9.93. The van der Waals surface area contributed by atoms with Gasteiger partial charge in [-0.05, 0) is 37.0 Å². The second-order valence-corrected chi connectivity index (χ2v) is 4.86. The molecule has 1 nitrogen and oxygen atoms in total. The Bertz CT molecular complexity index is 361. The van der Waals surface area contributed by atoms with Crippen LogP contribution in [0.2, 0.25) is 0 Å². The molecule has 1 aromatic carbocycles. The monoisotopic (exact) mass is 242 g/mol. The van der Waals surface area contributed by atoms with Crippen LogP contribution in [0.4, 0.5) is 4.39 Å². The molecule has 1 aliphatic rings. The Hall–Kier alpha value is -0.600. The summed E-state index contributed by atoms with van der Waals surface area (Å²) in [5.41, 5.74) is 1.65. The first-order valence-corrected chi connectivity index (χ1v) is 6.10. The van der Waals surface area contributed by atoms with Crippen molar-refractivity contribution in [2.75, 3.05) is 13.2 Å². The fourth-order valence-corrected chi connectivity index (χ4v) is 2.44. The SMILES string of the molecule is Cc1cc(C(Cl)C2CCCOC2)ccc1F. The molecule has 1 aliphatic heterocycles. The fourth-order valence-electron chi connectivity index (χ4n) is 2.11. The van der Waals surface area contributed by atoms with Crippen molar-refractivity contribution in [1.82, 2.24) is 0 Å². The van der Waals surface area contributed by atoms with E-state index in [1.165, 1.54) is 6.07 Å². The molecule has 0 radical (unpaired) electrons. The van der Waals surface area contributed by atoms with E-state index in [4.69, 9.17) is 16.3 Å². The van der Waals surface area contributed by atoms with Crippen LogP contribution in [-0.4, -0.2) is 13.2 Å². The van der Waals surface area contributed by atoms with E-state index < -0.39 is 0 Å². The summed E-state index contributed by atoms with van der Waals surface area (Å²) in [5, 5.41) is -0.0698. The van der Waals surface area contributed by atoms with Gasteiger partial charge in [0.15, 0.2) is 0 Å². The highest BCUT2D eigenvalue weighted by atomic mass is 35.5. The van der Waals surface area contributed by atoms with E-state index in [-0.39, 0.29) is 11.2 Å². The molecule has 88 valence electrons. The zero-order valence-corrected chi connectivity index (χ0v) is 10.1. The smallest absolute Gasteiger partial charge is 0.126 e. The van der Waals surface area contributed by atoms with Crippen LogP contribution < -0.4 is 0 Å². The Morgan fingerprint density at radius 3 is 2.94 bits per heavy atom. The number of aryl methyl sites for hydroxylation is 1. The third kappa shape index (κ3) is 2.55. The minimum atomic E-state index is -0.174. The van der Waals surface area contributed by atoms with E-state index >= 15 is 0 Å². The molecule has 0 saturated carbocycles. The van der Waals surface area contributed by atoms with Gasteiger partial charge in [-0.2, -0.15) is 0 Å². The number of halogens is 2. The van der Waals surface area contributed by atoms with Gasteiger partial charge in [-0.3, -0.25) is 0 Å². The summed E-state index contributed by atoms with van der Waals surface area (Å²) in [6.07, 6.45) is 2.15. The third-order valence-corrected chi connectivity index (χ3v) is 3.72. The van der Waals surface area contributed by atoms with Crippen molar-refractivity contribution in [3.63, 3.8) is 0 Å². The van der Waals surface area contributed by atoms with Gasteiger partial charge in [0, 0.05) is 12.5 Å². The van der Waals surface area contributed by atoms with Crippen molar-refractivity contribution in [3.05, 3.63) is 35.1 Å². The van der Waals surface area contributed by atoms with E-state index in [1.807, 2.05) is 6.07 Å². The van der Waals surface area contributed by atoms with Crippen molar-refractivity contribution >= 4 is 11.6 Å². The lowest BCUT2D eigenvalue weighted by Gasteiger charge is -2.26. The molecule has 0 bridgehead atoms. The third-order valence-electron chi connectivity index (χ3n) is 3.11. The highest BCUT2D eigenvalue weighted by Gasteiger charge is 2.24. The van der Waals surface area contributed by atoms with Gasteiger partial charge in [0.1, 0.15) is 5.82 Å². The van der Waals surface area contributed by atoms with Crippen molar-refractivity contribution in [2.24, 2.45) is 5.92 Å². The van der Waals surface area contributed by atoms with Gasteiger partial charge in [-0.15, -0.1) is 11.6 Å². The molecule has 0 aliphatic carbocycles. The number of rotatable bonds is 2. The minimum absolute atomic E-state index is 0.0698.